The molecule has 8 heteroatoms. The average Bonchev–Trinajstić information content (AvgIpc) is 2.67. The minimum atomic E-state index is -1.41. The molecule has 5 unspecified atom stereocenters. The minimum Gasteiger partial charge on any atom is -0.493 e. The van der Waals surface area contributed by atoms with E-state index in [1.807, 2.05) is 24.3 Å². The molecular formula is C20H30O8. The molecule has 1 aromatic carbocycles. The van der Waals surface area contributed by atoms with Crippen LogP contribution in [0.15, 0.2) is 24.3 Å². The normalized spacial score (nSPS) is 30.8. The first-order valence-corrected chi connectivity index (χ1v) is 9.80. The highest BCUT2D eigenvalue weighted by molar-refractivity contribution is 5.27. The lowest BCUT2D eigenvalue weighted by Gasteiger charge is -2.39. The summed E-state index contributed by atoms with van der Waals surface area (Å²) in [5, 5.41) is 38.6. The Hall–Kier alpha value is -1.26. The molecule has 0 amide bonds. The largest absolute Gasteiger partial charge is 0.493 e. The van der Waals surface area contributed by atoms with Gasteiger partial charge in [0.2, 0.25) is 0 Å². The summed E-state index contributed by atoms with van der Waals surface area (Å²) in [7, 11) is 0. The van der Waals surface area contributed by atoms with Gasteiger partial charge >= 0.3 is 0 Å². The second-order valence-corrected chi connectivity index (χ2v) is 7.38. The number of aliphatic hydroxyl groups excluding tert-OH is 4. The average molecular weight is 398 g/mol. The highest BCUT2D eigenvalue weighted by atomic mass is 16.7. The summed E-state index contributed by atoms with van der Waals surface area (Å²) >= 11 is 0. The van der Waals surface area contributed by atoms with Crippen LogP contribution in [0.5, 0.6) is 5.75 Å². The van der Waals surface area contributed by atoms with E-state index >= 15 is 0 Å². The number of aliphatic hydroxyl groups is 4. The molecule has 2 saturated heterocycles. The number of rotatable bonds is 10. The lowest BCUT2D eigenvalue weighted by atomic mass is 9.99. The molecule has 2 heterocycles. The summed E-state index contributed by atoms with van der Waals surface area (Å²) in [5.41, 5.74) is 1.20. The van der Waals surface area contributed by atoms with Crippen LogP contribution in [0.25, 0.3) is 0 Å². The first kappa shape index (κ1) is 21.4. The van der Waals surface area contributed by atoms with Gasteiger partial charge < -0.3 is 39.4 Å². The molecular weight excluding hydrogens is 368 g/mol. The summed E-state index contributed by atoms with van der Waals surface area (Å²) < 4.78 is 21.6. The van der Waals surface area contributed by atoms with Gasteiger partial charge in [0, 0.05) is 12.5 Å². The maximum absolute atomic E-state index is 9.92. The van der Waals surface area contributed by atoms with Gasteiger partial charge in [-0.05, 0) is 37.0 Å². The summed E-state index contributed by atoms with van der Waals surface area (Å²) in [6, 6.07) is 8.04. The third-order valence-electron chi connectivity index (χ3n) is 5.11. The van der Waals surface area contributed by atoms with Crippen LogP contribution in [0.2, 0.25) is 0 Å². The summed E-state index contributed by atoms with van der Waals surface area (Å²) in [6.07, 6.45) is -3.62. The Balaban J connectivity index is 1.32. The van der Waals surface area contributed by atoms with Gasteiger partial charge in [-0.2, -0.15) is 0 Å². The molecule has 4 N–H and O–H groups in total. The molecule has 0 saturated carbocycles. The van der Waals surface area contributed by atoms with Gasteiger partial charge in [-0.25, -0.2) is 0 Å². The van der Waals surface area contributed by atoms with E-state index in [1.54, 1.807) is 0 Å². The van der Waals surface area contributed by atoms with Crippen molar-refractivity contribution in [3.63, 3.8) is 0 Å². The fourth-order valence-electron chi connectivity index (χ4n) is 3.18. The van der Waals surface area contributed by atoms with Crippen molar-refractivity contribution in [1.29, 1.82) is 0 Å². The van der Waals surface area contributed by atoms with E-state index in [-0.39, 0.29) is 0 Å². The van der Waals surface area contributed by atoms with Crippen molar-refractivity contribution in [1.82, 2.24) is 0 Å². The highest BCUT2D eigenvalue weighted by Crippen LogP contribution is 2.22. The fourth-order valence-corrected chi connectivity index (χ4v) is 3.18. The van der Waals surface area contributed by atoms with E-state index in [0.717, 1.165) is 38.2 Å². The zero-order chi connectivity index (χ0) is 19.9. The maximum Gasteiger partial charge on any atom is 0.186 e. The number of hydrogen-bond donors (Lipinski definition) is 4. The SMILES string of the molecule is OCC1OC(OCCCCc2ccc(OCC3COC3)cc2)C(O)C(O)C1O. The lowest BCUT2D eigenvalue weighted by Crippen LogP contribution is -2.59. The predicted octanol–water partition coefficient (Wildman–Crippen LogP) is -0.149. The second-order valence-electron chi connectivity index (χ2n) is 7.38. The Kier molecular flexibility index (Phi) is 8.04. The second kappa shape index (κ2) is 10.5. The van der Waals surface area contributed by atoms with Gasteiger partial charge in [-0.3, -0.25) is 0 Å². The van der Waals surface area contributed by atoms with Crippen LogP contribution in [-0.4, -0.2) is 84.2 Å². The number of ether oxygens (including phenoxy) is 4. The molecule has 2 aliphatic rings. The summed E-state index contributed by atoms with van der Waals surface area (Å²) in [5.74, 6) is 1.37. The van der Waals surface area contributed by atoms with Crippen molar-refractivity contribution in [2.45, 2.75) is 50.0 Å². The monoisotopic (exact) mass is 398 g/mol. The Morgan fingerprint density at radius 3 is 2.36 bits per heavy atom. The topological polar surface area (TPSA) is 118 Å². The molecule has 1 aromatic rings. The first-order valence-electron chi connectivity index (χ1n) is 9.80. The van der Waals surface area contributed by atoms with E-state index in [2.05, 4.69) is 0 Å². The van der Waals surface area contributed by atoms with E-state index < -0.39 is 37.3 Å². The molecule has 3 rings (SSSR count). The molecule has 158 valence electrons. The van der Waals surface area contributed by atoms with Crippen LogP contribution in [0.4, 0.5) is 0 Å². The van der Waals surface area contributed by atoms with Gasteiger partial charge in [0.05, 0.1) is 26.4 Å². The number of aryl methyl sites for hydroxylation is 1. The van der Waals surface area contributed by atoms with E-state index in [4.69, 9.17) is 24.1 Å². The maximum atomic E-state index is 9.92. The molecule has 0 radical (unpaired) electrons. The van der Waals surface area contributed by atoms with E-state index in [9.17, 15) is 15.3 Å². The van der Waals surface area contributed by atoms with Crippen LogP contribution in [0, 0.1) is 5.92 Å². The first-order chi connectivity index (χ1) is 13.6. The standard InChI is InChI=1S/C20H30O8/c21-9-16-17(22)18(23)19(24)20(28-16)26-8-2-1-3-13-4-6-15(7-5-13)27-12-14-10-25-11-14/h4-7,14,16-24H,1-3,8-12H2. The fraction of sp³-hybridized carbons (Fsp3) is 0.700. The molecule has 0 aromatic heterocycles. The molecule has 8 nitrogen and oxygen atoms in total. The highest BCUT2D eigenvalue weighted by Gasteiger charge is 2.43. The van der Waals surface area contributed by atoms with Gasteiger partial charge in [0.1, 0.15) is 30.2 Å². The zero-order valence-electron chi connectivity index (χ0n) is 15.9. The number of hydrogen-bond acceptors (Lipinski definition) is 8. The molecule has 28 heavy (non-hydrogen) atoms. The third-order valence-corrected chi connectivity index (χ3v) is 5.11. The quantitative estimate of drug-likeness (QED) is 0.402. The Labute approximate surface area is 164 Å². The summed E-state index contributed by atoms with van der Waals surface area (Å²) in [4.78, 5) is 0. The van der Waals surface area contributed by atoms with Crippen LogP contribution in [0.3, 0.4) is 0 Å². The van der Waals surface area contributed by atoms with Gasteiger partial charge in [-0.1, -0.05) is 12.1 Å². The van der Waals surface area contributed by atoms with Crippen LogP contribution >= 0.6 is 0 Å². The molecule has 2 fully saturated rings. The van der Waals surface area contributed by atoms with Crippen LogP contribution in [-0.2, 0) is 20.6 Å². The van der Waals surface area contributed by atoms with Crippen LogP contribution in [0.1, 0.15) is 18.4 Å². The number of unbranched alkanes of at least 4 members (excludes halogenated alkanes) is 1. The predicted molar refractivity (Wildman–Crippen MR) is 98.9 cm³/mol. The molecule has 2 aliphatic heterocycles. The van der Waals surface area contributed by atoms with Crippen molar-refractivity contribution in [2.24, 2.45) is 5.92 Å². The number of benzene rings is 1. The van der Waals surface area contributed by atoms with Gasteiger partial charge in [0.25, 0.3) is 0 Å². The van der Waals surface area contributed by atoms with Gasteiger partial charge in [-0.15, -0.1) is 0 Å². The minimum absolute atomic E-state index is 0.341. The Bertz CT molecular complexity index is 574. The van der Waals surface area contributed by atoms with E-state index in [1.165, 1.54) is 5.56 Å². The van der Waals surface area contributed by atoms with Crippen molar-refractivity contribution in [2.75, 3.05) is 33.0 Å². The molecule has 5 atom stereocenters. The van der Waals surface area contributed by atoms with Crippen molar-refractivity contribution >= 4 is 0 Å². The van der Waals surface area contributed by atoms with Crippen molar-refractivity contribution in [3.05, 3.63) is 29.8 Å². The Morgan fingerprint density at radius 2 is 1.71 bits per heavy atom. The molecule has 0 spiro atoms. The van der Waals surface area contributed by atoms with Crippen molar-refractivity contribution in [3.8, 4) is 5.75 Å². The van der Waals surface area contributed by atoms with Gasteiger partial charge in [0.15, 0.2) is 6.29 Å². The summed E-state index contributed by atoms with van der Waals surface area (Å²) in [6.45, 7) is 2.13. The third kappa shape index (κ3) is 5.64. The molecule has 0 bridgehead atoms. The van der Waals surface area contributed by atoms with Crippen molar-refractivity contribution < 1.29 is 39.4 Å². The lowest BCUT2D eigenvalue weighted by molar-refractivity contribution is -0.301. The van der Waals surface area contributed by atoms with E-state index in [0.29, 0.717) is 19.1 Å². The van der Waals surface area contributed by atoms with Crippen LogP contribution < -0.4 is 4.74 Å². The molecule has 0 aliphatic carbocycles. The Morgan fingerprint density at radius 1 is 0.964 bits per heavy atom. The smallest absolute Gasteiger partial charge is 0.186 e. The zero-order valence-corrected chi connectivity index (χ0v) is 15.9.